The van der Waals surface area contributed by atoms with E-state index in [0.717, 1.165) is 25.9 Å². The van der Waals surface area contributed by atoms with Crippen LogP contribution in [0.1, 0.15) is 26.7 Å². The summed E-state index contributed by atoms with van der Waals surface area (Å²) in [5, 5.41) is 0. The minimum atomic E-state index is 0.113. The van der Waals surface area contributed by atoms with E-state index in [4.69, 9.17) is 0 Å². The van der Waals surface area contributed by atoms with E-state index >= 15 is 0 Å². The Labute approximate surface area is 129 Å². The number of carbonyl (C=O) groups is 2. The van der Waals surface area contributed by atoms with Crippen LogP contribution in [0.15, 0.2) is 0 Å². The topological polar surface area (TPSA) is 47.1 Å². The Morgan fingerprint density at radius 3 is 1.33 bits per heavy atom. The van der Waals surface area contributed by atoms with Crippen LogP contribution in [-0.2, 0) is 9.59 Å². The van der Waals surface area contributed by atoms with Gasteiger partial charge in [-0.1, -0.05) is 13.8 Å². The van der Waals surface area contributed by atoms with Crippen molar-refractivity contribution in [3.63, 3.8) is 0 Å². The van der Waals surface area contributed by atoms with E-state index in [9.17, 15) is 9.59 Å². The van der Waals surface area contributed by atoms with Crippen LogP contribution < -0.4 is 0 Å². The fourth-order valence-corrected chi connectivity index (χ4v) is 2.14. The van der Waals surface area contributed by atoms with Crippen molar-refractivity contribution in [2.24, 2.45) is 0 Å². The summed E-state index contributed by atoms with van der Waals surface area (Å²) in [5.74, 6) is 0.226. The zero-order chi connectivity index (χ0) is 16.4. The number of carbonyl (C=O) groups excluding carboxylic acids is 2. The Hall–Kier alpha value is -1.14. The first-order valence-corrected chi connectivity index (χ1v) is 7.66. The molecule has 124 valence electrons. The standard InChI is InChI=1S/C15H32N4O2/c1-7-9-18(5)14(20)11-16(3)13-17(4)12-15(21)19(6)10-8-2/h7-13H2,1-6H3. The van der Waals surface area contributed by atoms with Crippen LogP contribution in [0.2, 0.25) is 0 Å². The highest BCUT2D eigenvalue weighted by atomic mass is 16.2. The van der Waals surface area contributed by atoms with Gasteiger partial charge >= 0.3 is 0 Å². The number of hydrogen-bond donors (Lipinski definition) is 0. The van der Waals surface area contributed by atoms with Gasteiger partial charge in [-0.05, 0) is 26.9 Å². The van der Waals surface area contributed by atoms with Crippen molar-refractivity contribution in [3.05, 3.63) is 0 Å². The smallest absolute Gasteiger partial charge is 0.236 e. The van der Waals surface area contributed by atoms with Gasteiger partial charge in [0, 0.05) is 27.2 Å². The molecule has 0 aliphatic heterocycles. The molecule has 0 aliphatic carbocycles. The molecule has 2 amide bonds. The summed E-state index contributed by atoms with van der Waals surface area (Å²) >= 11 is 0. The first kappa shape index (κ1) is 19.9. The second-order valence-corrected chi connectivity index (χ2v) is 5.80. The molecule has 0 radical (unpaired) electrons. The second-order valence-electron chi connectivity index (χ2n) is 5.80. The molecule has 0 spiro atoms. The fraction of sp³-hybridized carbons (Fsp3) is 0.867. The molecule has 0 aromatic heterocycles. The number of nitrogens with zero attached hydrogens (tertiary/aromatic N) is 4. The minimum absolute atomic E-state index is 0.113. The van der Waals surface area contributed by atoms with Crippen molar-refractivity contribution in [1.82, 2.24) is 19.6 Å². The monoisotopic (exact) mass is 300 g/mol. The highest BCUT2D eigenvalue weighted by Crippen LogP contribution is 1.95. The molecule has 0 N–H and O–H groups in total. The molecule has 0 heterocycles. The summed E-state index contributed by atoms with van der Waals surface area (Å²) in [7, 11) is 7.45. The summed E-state index contributed by atoms with van der Waals surface area (Å²) in [6, 6.07) is 0. The second kappa shape index (κ2) is 10.6. The van der Waals surface area contributed by atoms with Crippen molar-refractivity contribution in [2.45, 2.75) is 26.7 Å². The molecule has 6 nitrogen and oxygen atoms in total. The van der Waals surface area contributed by atoms with Crippen LogP contribution in [0, 0.1) is 0 Å². The van der Waals surface area contributed by atoms with Crippen molar-refractivity contribution < 1.29 is 9.59 Å². The largest absolute Gasteiger partial charge is 0.345 e. The Kier molecular flexibility index (Phi) is 9.99. The fourth-order valence-electron chi connectivity index (χ4n) is 2.14. The number of amides is 2. The van der Waals surface area contributed by atoms with Crippen LogP contribution in [0.3, 0.4) is 0 Å². The lowest BCUT2D eigenvalue weighted by Crippen LogP contribution is -2.44. The van der Waals surface area contributed by atoms with Crippen molar-refractivity contribution in [1.29, 1.82) is 0 Å². The number of rotatable bonds is 10. The summed E-state index contributed by atoms with van der Waals surface area (Å²) in [6.45, 7) is 7.02. The maximum Gasteiger partial charge on any atom is 0.236 e. The summed E-state index contributed by atoms with van der Waals surface area (Å²) in [4.78, 5) is 31.2. The van der Waals surface area contributed by atoms with Crippen LogP contribution in [-0.4, -0.2) is 92.5 Å². The zero-order valence-electron chi connectivity index (χ0n) is 14.6. The first-order chi connectivity index (χ1) is 9.81. The average molecular weight is 300 g/mol. The van der Waals surface area contributed by atoms with Crippen molar-refractivity contribution in [3.8, 4) is 0 Å². The van der Waals surface area contributed by atoms with Gasteiger partial charge in [-0.3, -0.25) is 19.4 Å². The number of hydrogen-bond acceptors (Lipinski definition) is 4. The third kappa shape index (κ3) is 8.67. The van der Waals surface area contributed by atoms with E-state index in [1.165, 1.54) is 0 Å². The predicted octanol–water partition coefficient (Wildman–Crippen LogP) is 0.544. The number of likely N-dealkylation sites (N-methyl/N-ethyl adjacent to an activating group) is 4. The molecular weight excluding hydrogens is 268 g/mol. The van der Waals surface area contributed by atoms with Gasteiger partial charge in [0.05, 0.1) is 19.8 Å². The average Bonchev–Trinajstić information content (AvgIpc) is 2.38. The quantitative estimate of drug-likeness (QED) is 0.553. The molecule has 0 aromatic rings. The molecule has 0 rings (SSSR count). The van der Waals surface area contributed by atoms with Crippen LogP contribution in [0.25, 0.3) is 0 Å². The van der Waals surface area contributed by atoms with Crippen molar-refractivity contribution in [2.75, 3.05) is 61.0 Å². The lowest BCUT2D eigenvalue weighted by atomic mass is 10.4. The van der Waals surface area contributed by atoms with E-state index in [-0.39, 0.29) is 11.8 Å². The van der Waals surface area contributed by atoms with Crippen LogP contribution in [0.5, 0.6) is 0 Å². The molecular formula is C15H32N4O2. The first-order valence-electron chi connectivity index (χ1n) is 7.66. The summed E-state index contributed by atoms with van der Waals surface area (Å²) < 4.78 is 0. The molecule has 21 heavy (non-hydrogen) atoms. The molecule has 6 heteroatoms. The molecule has 0 unspecified atom stereocenters. The van der Waals surface area contributed by atoms with Crippen LogP contribution in [0.4, 0.5) is 0 Å². The molecule has 0 atom stereocenters. The normalized spacial score (nSPS) is 11.0. The predicted molar refractivity (Wildman–Crippen MR) is 86.0 cm³/mol. The third-order valence-corrected chi connectivity index (χ3v) is 3.26. The van der Waals surface area contributed by atoms with Crippen LogP contribution >= 0.6 is 0 Å². The Morgan fingerprint density at radius 2 is 1.05 bits per heavy atom. The van der Waals surface area contributed by atoms with Gasteiger partial charge in [0.1, 0.15) is 0 Å². The highest BCUT2D eigenvalue weighted by molar-refractivity contribution is 5.78. The maximum absolute atomic E-state index is 11.9. The molecule has 0 aliphatic rings. The Morgan fingerprint density at radius 1 is 0.714 bits per heavy atom. The highest BCUT2D eigenvalue weighted by Gasteiger charge is 2.15. The van der Waals surface area contributed by atoms with Crippen molar-refractivity contribution >= 4 is 11.8 Å². The molecule has 0 saturated heterocycles. The van der Waals surface area contributed by atoms with Gasteiger partial charge in [-0.25, -0.2) is 0 Å². The van der Waals surface area contributed by atoms with E-state index in [1.807, 2.05) is 38.0 Å². The Balaban J connectivity index is 4.11. The lowest BCUT2D eigenvalue weighted by molar-refractivity contribution is -0.132. The molecule has 0 fully saturated rings. The lowest BCUT2D eigenvalue weighted by Gasteiger charge is -2.27. The van der Waals surface area contributed by atoms with Gasteiger partial charge in [0.15, 0.2) is 0 Å². The summed E-state index contributed by atoms with van der Waals surface area (Å²) in [6.07, 6.45) is 1.92. The molecule has 0 saturated carbocycles. The van der Waals surface area contributed by atoms with E-state index in [0.29, 0.717) is 19.8 Å². The maximum atomic E-state index is 11.9. The minimum Gasteiger partial charge on any atom is -0.345 e. The van der Waals surface area contributed by atoms with E-state index in [1.54, 1.807) is 9.80 Å². The van der Waals surface area contributed by atoms with Gasteiger partial charge < -0.3 is 9.80 Å². The van der Waals surface area contributed by atoms with Gasteiger partial charge in [0.2, 0.25) is 11.8 Å². The van der Waals surface area contributed by atoms with E-state index < -0.39 is 0 Å². The SMILES string of the molecule is CCCN(C)C(=O)CN(C)CN(C)CC(=O)N(C)CCC. The van der Waals surface area contributed by atoms with Gasteiger partial charge in [-0.2, -0.15) is 0 Å². The van der Waals surface area contributed by atoms with Gasteiger partial charge in [0.25, 0.3) is 0 Å². The molecule has 0 bridgehead atoms. The summed E-state index contributed by atoms with van der Waals surface area (Å²) in [5.41, 5.74) is 0. The third-order valence-electron chi connectivity index (χ3n) is 3.26. The van der Waals surface area contributed by atoms with E-state index in [2.05, 4.69) is 13.8 Å². The zero-order valence-corrected chi connectivity index (χ0v) is 14.6. The Bertz CT molecular complexity index is 293. The molecule has 0 aromatic carbocycles. The van der Waals surface area contributed by atoms with Gasteiger partial charge in [-0.15, -0.1) is 0 Å².